The average molecular weight is 267 g/mol. The minimum Gasteiger partial charge on any atom is -0.481 e. The highest BCUT2D eigenvalue weighted by molar-refractivity contribution is 5.85. The monoisotopic (exact) mass is 266 g/mol. The number of hydrogen-bond acceptors (Lipinski definition) is 1. The summed E-state index contributed by atoms with van der Waals surface area (Å²) in [7, 11) is 0. The number of hydrogen-bond donors (Lipinski definition) is 1. The number of halogens is 1. The van der Waals surface area contributed by atoms with Gasteiger partial charge >= 0.3 is 5.97 Å². The standard InChI is InChI=1S/C15H18O2.ClH/c1-15(2)12(13(15)14(16)17)11-7-5-10(6-8-11)9-3-4-9;/h5-9,12-13H,3-4H2,1-2H3,(H,16,17);1H. The van der Waals surface area contributed by atoms with Gasteiger partial charge in [0.25, 0.3) is 0 Å². The van der Waals surface area contributed by atoms with Crippen LogP contribution in [0.15, 0.2) is 24.3 Å². The molecule has 2 fully saturated rings. The summed E-state index contributed by atoms with van der Waals surface area (Å²) in [5, 5.41) is 9.17. The first-order chi connectivity index (χ1) is 8.01. The second kappa shape index (κ2) is 4.27. The smallest absolute Gasteiger partial charge is 0.307 e. The third kappa shape index (κ3) is 2.03. The van der Waals surface area contributed by atoms with Gasteiger partial charge < -0.3 is 5.11 Å². The Morgan fingerprint density at radius 3 is 2.06 bits per heavy atom. The molecule has 0 spiro atoms. The lowest BCUT2D eigenvalue weighted by molar-refractivity contribution is -0.139. The van der Waals surface area contributed by atoms with E-state index in [0.717, 1.165) is 5.92 Å². The van der Waals surface area contributed by atoms with E-state index in [0.29, 0.717) is 0 Å². The van der Waals surface area contributed by atoms with Crippen LogP contribution in [0.25, 0.3) is 0 Å². The van der Waals surface area contributed by atoms with E-state index in [1.54, 1.807) is 0 Å². The van der Waals surface area contributed by atoms with Gasteiger partial charge in [0.05, 0.1) is 5.92 Å². The van der Waals surface area contributed by atoms with Crippen LogP contribution in [0.3, 0.4) is 0 Å². The highest BCUT2D eigenvalue weighted by atomic mass is 35.5. The molecule has 2 unspecified atom stereocenters. The third-order valence-electron chi connectivity index (χ3n) is 4.44. The Labute approximate surface area is 114 Å². The van der Waals surface area contributed by atoms with Crippen LogP contribution in [0.5, 0.6) is 0 Å². The lowest BCUT2D eigenvalue weighted by Gasteiger charge is -2.04. The summed E-state index contributed by atoms with van der Waals surface area (Å²) < 4.78 is 0. The van der Waals surface area contributed by atoms with Gasteiger partial charge in [-0.25, -0.2) is 0 Å². The molecular weight excluding hydrogens is 248 g/mol. The number of carbonyl (C=O) groups is 1. The van der Waals surface area contributed by atoms with Crippen molar-refractivity contribution in [3.8, 4) is 0 Å². The molecule has 0 bridgehead atoms. The van der Waals surface area contributed by atoms with E-state index in [9.17, 15) is 9.90 Å². The van der Waals surface area contributed by atoms with Crippen molar-refractivity contribution in [3.05, 3.63) is 35.4 Å². The summed E-state index contributed by atoms with van der Waals surface area (Å²) in [6.07, 6.45) is 2.62. The quantitative estimate of drug-likeness (QED) is 0.903. The molecule has 0 aliphatic heterocycles. The Balaban J connectivity index is 0.00000120. The molecule has 0 aromatic heterocycles. The van der Waals surface area contributed by atoms with Crippen LogP contribution in [0.1, 0.15) is 49.7 Å². The molecule has 2 saturated carbocycles. The van der Waals surface area contributed by atoms with Gasteiger partial charge in [-0.1, -0.05) is 38.1 Å². The van der Waals surface area contributed by atoms with Gasteiger partial charge in [-0.3, -0.25) is 4.79 Å². The second-order valence-corrected chi connectivity index (χ2v) is 6.06. The van der Waals surface area contributed by atoms with Crippen LogP contribution in [0, 0.1) is 11.3 Å². The molecule has 0 heterocycles. The summed E-state index contributed by atoms with van der Waals surface area (Å²) >= 11 is 0. The molecule has 3 heteroatoms. The first kappa shape index (κ1) is 13.4. The zero-order chi connectivity index (χ0) is 12.2. The number of carboxylic acid groups (broad SMARTS) is 1. The van der Waals surface area contributed by atoms with Crippen molar-refractivity contribution in [3.63, 3.8) is 0 Å². The summed E-state index contributed by atoms with van der Waals surface area (Å²) in [5.74, 6) is 0.0836. The average Bonchev–Trinajstić information content (AvgIpc) is 3.13. The zero-order valence-electron chi connectivity index (χ0n) is 10.7. The van der Waals surface area contributed by atoms with Crippen LogP contribution in [-0.4, -0.2) is 11.1 Å². The fourth-order valence-electron chi connectivity index (χ4n) is 3.11. The number of aliphatic carboxylic acids is 1. The van der Waals surface area contributed by atoms with Crippen LogP contribution in [-0.2, 0) is 4.79 Å². The van der Waals surface area contributed by atoms with E-state index in [1.165, 1.54) is 24.0 Å². The maximum atomic E-state index is 11.1. The molecule has 1 aromatic carbocycles. The number of benzene rings is 1. The minimum absolute atomic E-state index is 0. The summed E-state index contributed by atoms with van der Waals surface area (Å²) in [6.45, 7) is 4.09. The van der Waals surface area contributed by atoms with E-state index in [4.69, 9.17) is 0 Å². The summed E-state index contributed by atoms with van der Waals surface area (Å²) in [4.78, 5) is 11.1. The Hall–Kier alpha value is -1.02. The Morgan fingerprint density at radius 1 is 1.17 bits per heavy atom. The maximum Gasteiger partial charge on any atom is 0.307 e. The molecule has 18 heavy (non-hydrogen) atoms. The van der Waals surface area contributed by atoms with Crippen molar-refractivity contribution in [2.75, 3.05) is 0 Å². The second-order valence-electron chi connectivity index (χ2n) is 6.06. The zero-order valence-corrected chi connectivity index (χ0v) is 11.5. The summed E-state index contributed by atoms with van der Waals surface area (Å²) in [5.41, 5.74) is 2.51. The highest BCUT2D eigenvalue weighted by Gasteiger charge is 2.62. The van der Waals surface area contributed by atoms with Crippen molar-refractivity contribution >= 4 is 18.4 Å². The molecule has 2 atom stereocenters. The molecule has 2 nitrogen and oxygen atoms in total. The van der Waals surface area contributed by atoms with Gasteiger partial charge in [0, 0.05) is 5.92 Å². The van der Waals surface area contributed by atoms with E-state index in [2.05, 4.69) is 24.3 Å². The molecule has 2 aliphatic carbocycles. The largest absolute Gasteiger partial charge is 0.481 e. The van der Waals surface area contributed by atoms with Crippen molar-refractivity contribution in [1.29, 1.82) is 0 Å². The molecule has 1 N–H and O–H groups in total. The van der Waals surface area contributed by atoms with Crippen molar-refractivity contribution in [2.45, 2.75) is 38.5 Å². The predicted octanol–water partition coefficient (Wildman–Crippen LogP) is 3.81. The Bertz CT molecular complexity index is 460. The first-order valence-electron chi connectivity index (χ1n) is 6.34. The van der Waals surface area contributed by atoms with Gasteiger partial charge in [-0.15, -0.1) is 12.4 Å². The molecule has 1 aromatic rings. The lowest BCUT2D eigenvalue weighted by Crippen LogP contribution is -2.03. The molecule has 0 saturated heterocycles. The topological polar surface area (TPSA) is 37.3 Å². The van der Waals surface area contributed by atoms with Crippen LogP contribution >= 0.6 is 12.4 Å². The summed E-state index contributed by atoms with van der Waals surface area (Å²) in [6, 6.07) is 8.62. The van der Waals surface area contributed by atoms with E-state index < -0.39 is 5.97 Å². The predicted molar refractivity (Wildman–Crippen MR) is 73.3 cm³/mol. The third-order valence-corrected chi connectivity index (χ3v) is 4.44. The SMILES string of the molecule is CC1(C)C(C(=O)O)C1c1ccc(C2CC2)cc1.Cl. The van der Waals surface area contributed by atoms with Crippen molar-refractivity contribution in [1.82, 2.24) is 0 Å². The fourth-order valence-corrected chi connectivity index (χ4v) is 3.11. The van der Waals surface area contributed by atoms with Crippen LogP contribution in [0.2, 0.25) is 0 Å². The number of rotatable bonds is 3. The normalized spacial score (nSPS) is 28.3. The Kier molecular flexibility index (Phi) is 3.18. The van der Waals surface area contributed by atoms with Gasteiger partial charge in [0.15, 0.2) is 0 Å². The lowest BCUT2D eigenvalue weighted by atomic mass is 10.0. The Morgan fingerprint density at radius 2 is 1.67 bits per heavy atom. The van der Waals surface area contributed by atoms with E-state index in [1.807, 2.05) is 13.8 Å². The molecule has 3 rings (SSSR count). The van der Waals surface area contributed by atoms with Gasteiger partial charge in [0.1, 0.15) is 0 Å². The molecule has 0 radical (unpaired) electrons. The molecular formula is C15H19ClO2. The van der Waals surface area contributed by atoms with Gasteiger partial charge in [0.2, 0.25) is 0 Å². The maximum absolute atomic E-state index is 11.1. The van der Waals surface area contributed by atoms with Crippen molar-refractivity contribution < 1.29 is 9.90 Å². The van der Waals surface area contributed by atoms with E-state index >= 15 is 0 Å². The highest BCUT2D eigenvalue weighted by Crippen LogP contribution is 2.64. The molecule has 98 valence electrons. The molecule has 0 amide bonds. The van der Waals surface area contributed by atoms with Crippen molar-refractivity contribution in [2.24, 2.45) is 11.3 Å². The molecule has 2 aliphatic rings. The van der Waals surface area contributed by atoms with Gasteiger partial charge in [-0.05, 0) is 35.3 Å². The fraction of sp³-hybridized carbons (Fsp3) is 0.533. The van der Waals surface area contributed by atoms with E-state index in [-0.39, 0.29) is 29.7 Å². The van der Waals surface area contributed by atoms with Crippen LogP contribution in [0.4, 0.5) is 0 Å². The van der Waals surface area contributed by atoms with Gasteiger partial charge in [-0.2, -0.15) is 0 Å². The first-order valence-corrected chi connectivity index (χ1v) is 6.34. The number of carboxylic acids is 1. The van der Waals surface area contributed by atoms with Crippen LogP contribution < -0.4 is 0 Å². The minimum atomic E-state index is -0.661.